The molecule has 0 radical (unpaired) electrons. The second-order valence-electron chi connectivity index (χ2n) is 8.01. The van der Waals surface area contributed by atoms with Gasteiger partial charge >= 0.3 is 0 Å². The first kappa shape index (κ1) is 20.2. The first-order valence-corrected chi connectivity index (χ1v) is 10.7. The van der Waals surface area contributed by atoms with Gasteiger partial charge in [-0.2, -0.15) is 10.2 Å². The van der Waals surface area contributed by atoms with Gasteiger partial charge in [-0.3, -0.25) is 14.6 Å². The Balaban J connectivity index is 1.21. The van der Waals surface area contributed by atoms with E-state index in [0.717, 1.165) is 47.4 Å². The van der Waals surface area contributed by atoms with Gasteiger partial charge in [-0.25, -0.2) is 4.98 Å². The average Bonchev–Trinajstić information content (AvgIpc) is 3.55. The van der Waals surface area contributed by atoms with Crippen LogP contribution in [0.5, 0.6) is 5.75 Å². The van der Waals surface area contributed by atoms with Gasteiger partial charge in [0.05, 0.1) is 11.7 Å². The molecule has 9 heteroatoms. The Bertz CT molecular complexity index is 1220. The topological polar surface area (TPSA) is 110 Å². The highest BCUT2D eigenvalue weighted by Crippen LogP contribution is 2.21. The van der Waals surface area contributed by atoms with Crippen molar-refractivity contribution in [3.05, 3.63) is 60.0 Å². The maximum Gasteiger partial charge on any atom is 0.258 e. The van der Waals surface area contributed by atoms with E-state index in [4.69, 9.17) is 9.72 Å². The van der Waals surface area contributed by atoms with Gasteiger partial charge in [0.2, 0.25) is 0 Å². The SMILES string of the molecule is Cn1nc(-c2ccc(OCC(=O)NC3CCNC3)cc2)nc1Cc1ccc2[nH]ncc2c1. The molecule has 32 heavy (non-hydrogen) atoms. The minimum atomic E-state index is -0.104. The number of aromatic nitrogens is 5. The van der Waals surface area contributed by atoms with Crippen molar-refractivity contribution < 1.29 is 9.53 Å². The van der Waals surface area contributed by atoms with Crippen LogP contribution in [0.15, 0.2) is 48.7 Å². The molecule has 0 saturated carbocycles. The Morgan fingerprint density at radius 1 is 1.25 bits per heavy atom. The molecule has 2 aromatic carbocycles. The van der Waals surface area contributed by atoms with Crippen molar-refractivity contribution >= 4 is 16.8 Å². The van der Waals surface area contributed by atoms with Gasteiger partial charge in [0.15, 0.2) is 12.4 Å². The molecule has 0 aliphatic carbocycles. The molecule has 4 aromatic rings. The molecule has 0 spiro atoms. The molecule has 5 rings (SSSR count). The summed E-state index contributed by atoms with van der Waals surface area (Å²) in [7, 11) is 1.90. The number of benzene rings is 2. The number of amides is 1. The number of carbonyl (C=O) groups is 1. The van der Waals surface area contributed by atoms with Gasteiger partial charge < -0.3 is 15.4 Å². The molecule has 1 saturated heterocycles. The van der Waals surface area contributed by atoms with Crippen molar-refractivity contribution in [1.29, 1.82) is 0 Å². The first-order chi connectivity index (χ1) is 15.6. The molecule has 1 aliphatic rings. The van der Waals surface area contributed by atoms with Crippen molar-refractivity contribution in [3.8, 4) is 17.1 Å². The van der Waals surface area contributed by atoms with E-state index in [1.54, 1.807) is 0 Å². The van der Waals surface area contributed by atoms with Crippen molar-refractivity contribution in [2.24, 2.45) is 7.05 Å². The van der Waals surface area contributed by atoms with E-state index in [1.165, 1.54) is 0 Å². The van der Waals surface area contributed by atoms with Crippen LogP contribution in [-0.2, 0) is 18.3 Å². The number of nitrogens with zero attached hydrogens (tertiary/aromatic N) is 4. The van der Waals surface area contributed by atoms with E-state index in [0.29, 0.717) is 18.0 Å². The number of nitrogens with one attached hydrogen (secondary N) is 3. The Hall–Kier alpha value is -3.72. The lowest BCUT2D eigenvalue weighted by Gasteiger charge is -2.12. The van der Waals surface area contributed by atoms with E-state index in [1.807, 2.05) is 48.3 Å². The van der Waals surface area contributed by atoms with Gasteiger partial charge in [-0.05, 0) is 54.9 Å². The Morgan fingerprint density at radius 3 is 2.94 bits per heavy atom. The summed E-state index contributed by atoms with van der Waals surface area (Å²) in [4.78, 5) is 16.7. The number of H-pyrrole nitrogens is 1. The minimum Gasteiger partial charge on any atom is -0.484 e. The molecule has 1 amide bonds. The van der Waals surface area contributed by atoms with Crippen LogP contribution in [-0.4, -0.2) is 56.6 Å². The van der Waals surface area contributed by atoms with E-state index >= 15 is 0 Å². The minimum absolute atomic E-state index is 0.00282. The number of aryl methyl sites for hydroxylation is 1. The molecule has 2 aromatic heterocycles. The third-order valence-corrected chi connectivity index (χ3v) is 5.63. The highest BCUT2D eigenvalue weighted by Gasteiger charge is 2.17. The molecule has 1 atom stereocenters. The van der Waals surface area contributed by atoms with Crippen molar-refractivity contribution in [2.75, 3.05) is 19.7 Å². The fourth-order valence-corrected chi connectivity index (χ4v) is 3.87. The number of ether oxygens (including phenoxy) is 1. The van der Waals surface area contributed by atoms with Crippen LogP contribution in [0.3, 0.4) is 0 Å². The van der Waals surface area contributed by atoms with Crippen LogP contribution in [0, 0.1) is 0 Å². The predicted molar refractivity (Wildman–Crippen MR) is 120 cm³/mol. The van der Waals surface area contributed by atoms with Crippen molar-refractivity contribution in [3.63, 3.8) is 0 Å². The van der Waals surface area contributed by atoms with Gasteiger partial charge in [0, 0.05) is 37.0 Å². The maximum atomic E-state index is 12.0. The summed E-state index contributed by atoms with van der Waals surface area (Å²) in [6.45, 7) is 1.76. The van der Waals surface area contributed by atoms with Crippen molar-refractivity contribution in [1.82, 2.24) is 35.6 Å². The molecular weight excluding hydrogens is 406 g/mol. The Kier molecular flexibility index (Phi) is 5.55. The Labute approximate surface area is 185 Å². The third kappa shape index (κ3) is 4.47. The molecule has 164 valence electrons. The summed E-state index contributed by atoms with van der Waals surface area (Å²) in [6, 6.07) is 13.9. The van der Waals surface area contributed by atoms with E-state index < -0.39 is 0 Å². The standard InChI is InChI=1S/C23H25N7O2/c1-30-21(11-15-2-7-20-17(10-15)12-25-28-20)27-23(29-30)16-3-5-19(6-4-16)32-14-22(31)26-18-8-9-24-13-18/h2-7,10,12,18,24H,8-9,11,13-14H2,1H3,(H,25,28)(H,26,31). The zero-order chi connectivity index (χ0) is 21.9. The highest BCUT2D eigenvalue weighted by molar-refractivity contribution is 5.78. The number of carbonyl (C=O) groups excluding carboxylic acids is 1. The second kappa shape index (κ2) is 8.80. The largest absolute Gasteiger partial charge is 0.484 e. The summed E-state index contributed by atoms with van der Waals surface area (Å²) in [5, 5.41) is 18.9. The third-order valence-electron chi connectivity index (χ3n) is 5.63. The molecule has 1 fully saturated rings. The number of hydrogen-bond acceptors (Lipinski definition) is 6. The van der Waals surface area contributed by atoms with E-state index in [2.05, 4.69) is 38.1 Å². The molecule has 3 N–H and O–H groups in total. The second-order valence-corrected chi connectivity index (χ2v) is 8.01. The zero-order valence-corrected chi connectivity index (χ0v) is 17.8. The molecule has 0 bridgehead atoms. The van der Waals surface area contributed by atoms with Crippen LogP contribution in [0.2, 0.25) is 0 Å². The lowest BCUT2D eigenvalue weighted by atomic mass is 10.1. The summed E-state index contributed by atoms with van der Waals surface area (Å²) >= 11 is 0. The van der Waals surface area contributed by atoms with Crippen LogP contribution < -0.4 is 15.4 Å². The van der Waals surface area contributed by atoms with Crippen LogP contribution in [0.1, 0.15) is 17.8 Å². The molecule has 9 nitrogen and oxygen atoms in total. The lowest BCUT2D eigenvalue weighted by molar-refractivity contribution is -0.123. The van der Waals surface area contributed by atoms with E-state index in [-0.39, 0.29) is 18.6 Å². The summed E-state index contributed by atoms with van der Waals surface area (Å²) in [5.41, 5.74) is 3.06. The highest BCUT2D eigenvalue weighted by atomic mass is 16.5. The van der Waals surface area contributed by atoms with Crippen molar-refractivity contribution in [2.45, 2.75) is 18.9 Å². The van der Waals surface area contributed by atoms with Gasteiger partial charge in [-0.1, -0.05) is 6.07 Å². The molecule has 3 heterocycles. The van der Waals surface area contributed by atoms with Gasteiger partial charge in [0.1, 0.15) is 11.6 Å². The summed E-state index contributed by atoms with van der Waals surface area (Å²) in [6.07, 6.45) is 3.45. The van der Waals surface area contributed by atoms with Crippen LogP contribution in [0.4, 0.5) is 0 Å². The van der Waals surface area contributed by atoms with E-state index in [9.17, 15) is 4.79 Å². The number of hydrogen-bond donors (Lipinski definition) is 3. The Morgan fingerprint density at radius 2 is 2.12 bits per heavy atom. The normalized spacial score (nSPS) is 15.8. The smallest absolute Gasteiger partial charge is 0.258 e. The quantitative estimate of drug-likeness (QED) is 0.412. The molecule has 1 unspecified atom stereocenters. The summed E-state index contributed by atoms with van der Waals surface area (Å²) in [5.74, 6) is 2.07. The molecule has 1 aliphatic heterocycles. The monoisotopic (exact) mass is 431 g/mol. The summed E-state index contributed by atoms with van der Waals surface area (Å²) < 4.78 is 7.43. The number of aromatic amines is 1. The number of fused-ring (bicyclic) bond motifs is 1. The van der Waals surface area contributed by atoms with Gasteiger partial charge in [0.25, 0.3) is 5.91 Å². The number of rotatable bonds is 7. The zero-order valence-electron chi connectivity index (χ0n) is 17.8. The van der Waals surface area contributed by atoms with Crippen LogP contribution >= 0.6 is 0 Å². The maximum absolute atomic E-state index is 12.0. The van der Waals surface area contributed by atoms with Gasteiger partial charge in [-0.15, -0.1) is 0 Å². The average molecular weight is 432 g/mol. The fourth-order valence-electron chi connectivity index (χ4n) is 3.87. The van der Waals surface area contributed by atoms with Crippen LogP contribution in [0.25, 0.3) is 22.3 Å². The predicted octanol–water partition coefficient (Wildman–Crippen LogP) is 1.81. The first-order valence-electron chi connectivity index (χ1n) is 10.7. The molecular formula is C23H25N7O2. The fraction of sp³-hybridized carbons (Fsp3) is 0.304. The lowest BCUT2D eigenvalue weighted by Crippen LogP contribution is -2.39.